The Hall–Kier alpha value is -0.610. The van der Waals surface area contributed by atoms with E-state index in [2.05, 4.69) is 22.5 Å². The van der Waals surface area contributed by atoms with Gasteiger partial charge in [0.25, 0.3) is 0 Å². The zero-order valence-electron chi connectivity index (χ0n) is 11.6. The van der Waals surface area contributed by atoms with Gasteiger partial charge in [0.1, 0.15) is 0 Å². The molecule has 0 aromatic carbocycles. The molecule has 1 amide bonds. The van der Waals surface area contributed by atoms with Gasteiger partial charge in [-0.1, -0.05) is 19.8 Å². The number of amides is 1. The molecular weight excluding hydrogens is 226 g/mol. The van der Waals surface area contributed by atoms with E-state index in [-0.39, 0.29) is 5.91 Å². The van der Waals surface area contributed by atoms with E-state index in [0.29, 0.717) is 18.6 Å². The molecule has 18 heavy (non-hydrogen) atoms. The number of carbonyl (C=O) groups excluding carboxylic acids is 1. The number of nitrogens with one attached hydrogen (secondary N) is 2. The molecule has 2 rings (SSSR count). The lowest BCUT2D eigenvalue weighted by Gasteiger charge is -2.31. The molecule has 1 aliphatic carbocycles. The Kier molecular flexibility index (Phi) is 5.45. The van der Waals surface area contributed by atoms with Crippen molar-refractivity contribution in [2.75, 3.05) is 26.2 Å². The largest absolute Gasteiger partial charge is 0.352 e. The van der Waals surface area contributed by atoms with Crippen molar-refractivity contribution < 1.29 is 4.79 Å². The Labute approximate surface area is 110 Å². The van der Waals surface area contributed by atoms with E-state index in [1.807, 2.05) is 0 Å². The summed E-state index contributed by atoms with van der Waals surface area (Å²) in [5.74, 6) is 0.178. The minimum Gasteiger partial charge on any atom is -0.352 e. The Morgan fingerprint density at radius 3 is 2.39 bits per heavy atom. The van der Waals surface area contributed by atoms with Gasteiger partial charge in [-0.05, 0) is 32.2 Å². The molecule has 2 fully saturated rings. The van der Waals surface area contributed by atoms with Crippen LogP contribution < -0.4 is 10.6 Å². The van der Waals surface area contributed by atoms with Gasteiger partial charge in [-0.2, -0.15) is 0 Å². The third kappa shape index (κ3) is 4.25. The lowest BCUT2D eigenvalue weighted by molar-refractivity contribution is -0.121. The molecule has 0 bridgehead atoms. The zero-order chi connectivity index (χ0) is 12.8. The SMILES string of the molecule is CCN1CCC(NC(=O)CNC2CCCC2)CC1. The monoisotopic (exact) mass is 253 g/mol. The van der Waals surface area contributed by atoms with Gasteiger partial charge in [-0.3, -0.25) is 4.79 Å². The molecule has 1 heterocycles. The summed E-state index contributed by atoms with van der Waals surface area (Å²) >= 11 is 0. The number of carbonyl (C=O) groups is 1. The third-order valence-corrected chi connectivity index (χ3v) is 4.31. The summed E-state index contributed by atoms with van der Waals surface area (Å²) in [4.78, 5) is 14.3. The first-order chi connectivity index (χ1) is 8.78. The predicted octanol–water partition coefficient (Wildman–Crippen LogP) is 1.12. The maximum Gasteiger partial charge on any atom is 0.234 e. The topological polar surface area (TPSA) is 44.4 Å². The average molecular weight is 253 g/mol. The maximum absolute atomic E-state index is 11.8. The Bertz CT molecular complexity index is 256. The first kappa shape index (κ1) is 13.8. The van der Waals surface area contributed by atoms with Crippen LogP contribution in [0.25, 0.3) is 0 Å². The highest BCUT2D eigenvalue weighted by atomic mass is 16.2. The quantitative estimate of drug-likeness (QED) is 0.772. The normalized spacial score (nSPS) is 23.4. The van der Waals surface area contributed by atoms with Gasteiger partial charge in [0.15, 0.2) is 0 Å². The number of piperidine rings is 1. The van der Waals surface area contributed by atoms with E-state index in [4.69, 9.17) is 0 Å². The van der Waals surface area contributed by atoms with Crippen molar-refractivity contribution in [3.63, 3.8) is 0 Å². The van der Waals surface area contributed by atoms with E-state index in [9.17, 15) is 4.79 Å². The Morgan fingerprint density at radius 1 is 1.11 bits per heavy atom. The molecule has 2 aliphatic rings. The second-order valence-electron chi connectivity index (χ2n) is 5.64. The lowest BCUT2D eigenvalue weighted by Crippen LogP contribution is -2.47. The van der Waals surface area contributed by atoms with Crippen molar-refractivity contribution in [3.05, 3.63) is 0 Å². The van der Waals surface area contributed by atoms with Gasteiger partial charge >= 0.3 is 0 Å². The summed E-state index contributed by atoms with van der Waals surface area (Å²) in [6, 6.07) is 0.975. The summed E-state index contributed by atoms with van der Waals surface area (Å²) in [5.41, 5.74) is 0. The molecule has 0 aromatic rings. The first-order valence-electron chi connectivity index (χ1n) is 7.53. The summed E-state index contributed by atoms with van der Waals surface area (Å²) < 4.78 is 0. The molecule has 1 saturated carbocycles. The fourth-order valence-corrected chi connectivity index (χ4v) is 3.04. The highest BCUT2D eigenvalue weighted by molar-refractivity contribution is 5.78. The van der Waals surface area contributed by atoms with Crippen LogP contribution in [0.15, 0.2) is 0 Å². The van der Waals surface area contributed by atoms with Crippen LogP contribution in [0.4, 0.5) is 0 Å². The molecule has 1 aliphatic heterocycles. The van der Waals surface area contributed by atoms with E-state index in [1.165, 1.54) is 25.7 Å². The molecule has 104 valence electrons. The van der Waals surface area contributed by atoms with Crippen LogP contribution in [0.2, 0.25) is 0 Å². The standard InChI is InChI=1S/C14H27N3O/c1-2-17-9-7-13(8-10-17)16-14(18)11-15-12-5-3-4-6-12/h12-13,15H,2-11H2,1H3,(H,16,18). The second kappa shape index (κ2) is 7.10. The molecule has 1 saturated heterocycles. The molecule has 0 aromatic heterocycles. The van der Waals surface area contributed by atoms with Crippen molar-refractivity contribution in [1.82, 2.24) is 15.5 Å². The molecule has 4 heteroatoms. The van der Waals surface area contributed by atoms with Gasteiger partial charge in [-0.15, -0.1) is 0 Å². The number of nitrogens with zero attached hydrogens (tertiary/aromatic N) is 1. The number of rotatable bonds is 5. The van der Waals surface area contributed by atoms with Crippen LogP contribution in [0.3, 0.4) is 0 Å². The van der Waals surface area contributed by atoms with Crippen LogP contribution in [-0.4, -0.2) is 49.1 Å². The van der Waals surface area contributed by atoms with Crippen LogP contribution in [0, 0.1) is 0 Å². The van der Waals surface area contributed by atoms with Crippen molar-refractivity contribution in [2.24, 2.45) is 0 Å². The van der Waals surface area contributed by atoms with Gasteiger partial charge in [0.2, 0.25) is 5.91 Å². The lowest BCUT2D eigenvalue weighted by atomic mass is 10.1. The van der Waals surface area contributed by atoms with Gasteiger partial charge in [0.05, 0.1) is 6.54 Å². The number of hydrogen-bond acceptors (Lipinski definition) is 3. The molecule has 4 nitrogen and oxygen atoms in total. The van der Waals surface area contributed by atoms with E-state index < -0.39 is 0 Å². The Balaban J connectivity index is 1.59. The average Bonchev–Trinajstić information content (AvgIpc) is 2.90. The van der Waals surface area contributed by atoms with E-state index in [1.54, 1.807) is 0 Å². The van der Waals surface area contributed by atoms with Crippen LogP contribution in [-0.2, 0) is 4.79 Å². The number of likely N-dealkylation sites (tertiary alicyclic amines) is 1. The van der Waals surface area contributed by atoms with E-state index in [0.717, 1.165) is 32.5 Å². The molecule has 0 atom stereocenters. The third-order valence-electron chi connectivity index (χ3n) is 4.31. The maximum atomic E-state index is 11.8. The molecule has 0 unspecified atom stereocenters. The van der Waals surface area contributed by atoms with Crippen molar-refractivity contribution >= 4 is 5.91 Å². The Morgan fingerprint density at radius 2 is 1.78 bits per heavy atom. The molecule has 0 spiro atoms. The second-order valence-corrected chi connectivity index (χ2v) is 5.64. The summed E-state index contributed by atoms with van der Waals surface area (Å²) in [6.45, 7) is 6.07. The fourth-order valence-electron chi connectivity index (χ4n) is 3.04. The number of hydrogen-bond donors (Lipinski definition) is 2. The van der Waals surface area contributed by atoms with Crippen LogP contribution in [0.1, 0.15) is 45.4 Å². The van der Waals surface area contributed by atoms with Crippen LogP contribution in [0.5, 0.6) is 0 Å². The van der Waals surface area contributed by atoms with Gasteiger partial charge in [-0.25, -0.2) is 0 Å². The van der Waals surface area contributed by atoms with Crippen molar-refractivity contribution in [2.45, 2.75) is 57.5 Å². The van der Waals surface area contributed by atoms with Gasteiger partial charge < -0.3 is 15.5 Å². The first-order valence-corrected chi connectivity index (χ1v) is 7.53. The summed E-state index contributed by atoms with van der Waals surface area (Å²) in [5, 5.41) is 6.53. The van der Waals surface area contributed by atoms with Crippen molar-refractivity contribution in [3.8, 4) is 0 Å². The zero-order valence-corrected chi connectivity index (χ0v) is 11.6. The fraction of sp³-hybridized carbons (Fsp3) is 0.929. The smallest absolute Gasteiger partial charge is 0.234 e. The highest BCUT2D eigenvalue weighted by Crippen LogP contribution is 2.17. The van der Waals surface area contributed by atoms with E-state index >= 15 is 0 Å². The van der Waals surface area contributed by atoms with Crippen LogP contribution >= 0.6 is 0 Å². The molecule has 2 N–H and O–H groups in total. The highest BCUT2D eigenvalue weighted by Gasteiger charge is 2.20. The van der Waals surface area contributed by atoms with Crippen molar-refractivity contribution in [1.29, 1.82) is 0 Å². The minimum absolute atomic E-state index is 0.178. The molecular formula is C14H27N3O. The minimum atomic E-state index is 0.178. The van der Waals surface area contributed by atoms with Gasteiger partial charge in [0, 0.05) is 25.2 Å². The molecule has 0 radical (unpaired) electrons. The predicted molar refractivity (Wildman–Crippen MR) is 73.5 cm³/mol. The summed E-state index contributed by atoms with van der Waals surface area (Å²) in [6.07, 6.45) is 7.31. The summed E-state index contributed by atoms with van der Waals surface area (Å²) in [7, 11) is 0.